The molecule has 0 radical (unpaired) electrons. The first-order valence-electron chi connectivity index (χ1n) is 6.58. The highest BCUT2D eigenvalue weighted by Crippen LogP contribution is 2.38. The van der Waals surface area contributed by atoms with Crippen LogP contribution in [0.15, 0.2) is 36.4 Å². The average Bonchev–Trinajstić information content (AvgIpc) is 2.41. The van der Waals surface area contributed by atoms with Gasteiger partial charge in [0.05, 0.1) is 16.4 Å². The molecule has 0 amide bonds. The van der Waals surface area contributed by atoms with Gasteiger partial charge in [-0.2, -0.15) is 0 Å². The van der Waals surface area contributed by atoms with E-state index in [9.17, 15) is 0 Å². The van der Waals surface area contributed by atoms with Gasteiger partial charge in [0.25, 0.3) is 0 Å². The van der Waals surface area contributed by atoms with Crippen LogP contribution in [0.1, 0.15) is 17.5 Å². The number of aryl methyl sites for hydroxylation is 2. The number of nitrogen functional groups attached to an aromatic ring is 1. The van der Waals surface area contributed by atoms with Gasteiger partial charge in [-0.3, -0.25) is 0 Å². The number of rotatable bonds is 1. The number of anilines is 3. The van der Waals surface area contributed by atoms with Crippen LogP contribution in [-0.2, 0) is 6.42 Å². The minimum absolute atomic E-state index is 0.622. The molecule has 0 spiro atoms. The van der Waals surface area contributed by atoms with Crippen LogP contribution in [0.3, 0.4) is 0 Å². The van der Waals surface area contributed by atoms with Crippen LogP contribution in [0.5, 0.6) is 0 Å². The van der Waals surface area contributed by atoms with E-state index in [0.29, 0.717) is 10.7 Å². The van der Waals surface area contributed by atoms with Crippen molar-refractivity contribution in [2.24, 2.45) is 0 Å². The van der Waals surface area contributed by atoms with Gasteiger partial charge in [0.15, 0.2) is 0 Å². The van der Waals surface area contributed by atoms with Crippen LogP contribution >= 0.6 is 11.6 Å². The third-order valence-corrected chi connectivity index (χ3v) is 4.00. The minimum atomic E-state index is 0.622. The number of para-hydroxylation sites is 1. The zero-order valence-electron chi connectivity index (χ0n) is 11.0. The molecule has 1 aliphatic rings. The van der Waals surface area contributed by atoms with E-state index in [1.54, 1.807) is 0 Å². The zero-order valence-corrected chi connectivity index (χ0v) is 11.7. The van der Waals surface area contributed by atoms with Gasteiger partial charge >= 0.3 is 0 Å². The summed E-state index contributed by atoms with van der Waals surface area (Å²) in [4.78, 5) is 2.28. The summed E-state index contributed by atoms with van der Waals surface area (Å²) in [5, 5.41) is 0.622. The first-order valence-corrected chi connectivity index (χ1v) is 6.95. The fourth-order valence-electron chi connectivity index (χ4n) is 2.74. The molecular weight excluding hydrogens is 256 g/mol. The van der Waals surface area contributed by atoms with Crippen LogP contribution in [0.2, 0.25) is 5.02 Å². The topological polar surface area (TPSA) is 29.3 Å². The highest BCUT2D eigenvalue weighted by atomic mass is 35.5. The van der Waals surface area contributed by atoms with Crippen LogP contribution in [0, 0.1) is 6.92 Å². The van der Waals surface area contributed by atoms with Crippen molar-refractivity contribution in [3.8, 4) is 0 Å². The van der Waals surface area contributed by atoms with E-state index in [1.165, 1.54) is 16.8 Å². The van der Waals surface area contributed by atoms with Crippen molar-refractivity contribution in [3.63, 3.8) is 0 Å². The summed E-state index contributed by atoms with van der Waals surface area (Å²) < 4.78 is 0. The smallest absolute Gasteiger partial charge is 0.0744 e. The zero-order chi connectivity index (χ0) is 13.4. The van der Waals surface area contributed by atoms with Gasteiger partial charge in [-0.25, -0.2) is 0 Å². The second kappa shape index (κ2) is 4.78. The Bertz CT molecular complexity index is 622. The first kappa shape index (κ1) is 12.4. The second-order valence-electron chi connectivity index (χ2n) is 5.06. The Kier molecular flexibility index (Phi) is 3.11. The molecule has 0 saturated heterocycles. The lowest BCUT2D eigenvalue weighted by Gasteiger charge is -2.32. The lowest BCUT2D eigenvalue weighted by atomic mass is 9.99. The Morgan fingerprint density at radius 1 is 1.16 bits per heavy atom. The van der Waals surface area contributed by atoms with Crippen LogP contribution in [-0.4, -0.2) is 6.54 Å². The van der Waals surface area contributed by atoms with Crippen molar-refractivity contribution in [2.45, 2.75) is 19.8 Å². The highest BCUT2D eigenvalue weighted by molar-refractivity contribution is 6.33. The fourth-order valence-corrected chi connectivity index (χ4v) is 2.91. The molecule has 3 rings (SSSR count). The molecule has 98 valence electrons. The molecule has 1 aliphatic heterocycles. The third-order valence-electron chi connectivity index (χ3n) is 3.67. The third kappa shape index (κ3) is 2.17. The number of benzene rings is 2. The molecule has 2 N–H and O–H groups in total. The van der Waals surface area contributed by atoms with Crippen molar-refractivity contribution < 1.29 is 0 Å². The standard InChI is InChI=1S/C16H17ClN2/c1-11-7-8-14-12(10-11)4-3-9-19(14)15-6-2-5-13(17)16(15)18/h2,5-8,10H,3-4,9,18H2,1H3. The highest BCUT2D eigenvalue weighted by Gasteiger charge is 2.20. The van der Waals surface area contributed by atoms with Crippen molar-refractivity contribution in [3.05, 3.63) is 52.5 Å². The number of nitrogens with zero attached hydrogens (tertiary/aromatic N) is 1. The molecule has 3 heteroatoms. The van der Waals surface area contributed by atoms with E-state index in [-0.39, 0.29) is 0 Å². The second-order valence-corrected chi connectivity index (χ2v) is 5.47. The molecule has 0 aromatic heterocycles. The molecule has 2 nitrogen and oxygen atoms in total. The number of halogens is 1. The maximum atomic E-state index is 6.13. The molecule has 0 fully saturated rings. The summed E-state index contributed by atoms with van der Waals surface area (Å²) in [6.45, 7) is 3.12. The van der Waals surface area contributed by atoms with Gasteiger partial charge in [0, 0.05) is 12.2 Å². The average molecular weight is 273 g/mol. The Balaban J connectivity index is 2.11. The number of hydrogen-bond donors (Lipinski definition) is 1. The molecule has 1 heterocycles. The quantitative estimate of drug-likeness (QED) is 0.784. The van der Waals surface area contributed by atoms with Crippen LogP contribution in [0.25, 0.3) is 0 Å². The van der Waals surface area contributed by atoms with Gasteiger partial charge in [0.1, 0.15) is 0 Å². The predicted octanol–water partition coefficient (Wildman–Crippen LogP) is 4.31. The van der Waals surface area contributed by atoms with E-state index < -0.39 is 0 Å². The van der Waals surface area contributed by atoms with Crippen LogP contribution < -0.4 is 10.6 Å². The summed E-state index contributed by atoms with van der Waals surface area (Å²) >= 11 is 6.13. The Morgan fingerprint density at radius 2 is 2.00 bits per heavy atom. The maximum absolute atomic E-state index is 6.13. The molecule has 0 bridgehead atoms. The van der Waals surface area contributed by atoms with E-state index in [1.807, 2.05) is 18.2 Å². The lowest BCUT2D eigenvalue weighted by molar-refractivity contribution is 0.766. The maximum Gasteiger partial charge on any atom is 0.0744 e. The van der Waals surface area contributed by atoms with E-state index >= 15 is 0 Å². The van der Waals surface area contributed by atoms with Crippen molar-refractivity contribution in [1.29, 1.82) is 0 Å². The molecule has 2 aromatic rings. The van der Waals surface area contributed by atoms with Crippen molar-refractivity contribution in [2.75, 3.05) is 17.2 Å². The molecule has 19 heavy (non-hydrogen) atoms. The summed E-state index contributed by atoms with van der Waals surface area (Å²) in [5.74, 6) is 0. The number of nitrogens with two attached hydrogens (primary N) is 1. The summed E-state index contributed by atoms with van der Waals surface area (Å²) in [7, 11) is 0. The Morgan fingerprint density at radius 3 is 2.84 bits per heavy atom. The van der Waals surface area contributed by atoms with Crippen molar-refractivity contribution >= 4 is 28.7 Å². The minimum Gasteiger partial charge on any atom is -0.396 e. The first-order chi connectivity index (χ1) is 9.16. The number of hydrogen-bond acceptors (Lipinski definition) is 2. The van der Waals surface area contributed by atoms with E-state index in [2.05, 4.69) is 30.0 Å². The van der Waals surface area contributed by atoms with Gasteiger partial charge in [-0.05, 0) is 43.5 Å². The Labute approximate surface area is 118 Å². The molecule has 0 saturated carbocycles. The molecular formula is C16H17ClN2. The number of fused-ring (bicyclic) bond motifs is 1. The normalized spacial score (nSPS) is 14.3. The predicted molar refractivity (Wildman–Crippen MR) is 82.4 cm³/mol. The summed E-state index contributed by atoms with van der Waals surface area (Å²) in [5.41, 5.74) is 11.8. The Hall–Kier alpha value is -1.67. The van der Waals surface area contributed by atoms with Gasteiger partial charge in [-0.15, -0.1) is 0 Å². The van der Waals surface area contributed by atoms with Gasteiger partial charge in [-0.1, -0.05) is 35.4 Å². The van der Waals surface area contributed by atoms with Gasteiger partial charge in [0.2, 0.25) is 0 Å². The summed E-state index contributed by atoms with van der Waals surface area (Å²) in [6, 6.07) is 12.4. The summed E-state index contributed by atoms with van der Waals surface area (Å²) in [6.07, 6.45) is 2.27. The van der Waals surface area contributed by atoms with E-state index in [0.717, 1.165) is 25.1 Å². The monoisotopic (exact) mass is 272 g/mol. The van der Waals surface area contributed by atoms with E-state index in [4.69, 9.17) is 17.3 Å². The van der Waals surface area contributed by atoms with Crippen molar-refractivity contribution in [1.82, 2.24) is 0 Å². The lowest BCUT2D eigenvalue weighted by Crippen LogP contribution is -2.25. The van der Waals surface area contributed by atoms with Gasteiger partial charge < -0.3 is 10.6 Å². The molecule has 2 aromatic carbocycles. The molecule has 0 unspecified atom stereocenters. The molecule has 0 atom stereocenters. The molecule has 0 aliphatic carbocycles. The van der Waals surface area contributed by atoms with Crippen LogP contribution in [0.4, 0.5) is 17.1 Å². The fraction of sp³-hybridized carbons (Fsp3) is 0.250. The largest absolute Gasteiger partial charge is 0.396 e. The SMILES string of the molecule is Cc1ccc2c(c1)CCCN2c1cccc(Cl)c1N.